The Labute approximate surface area is 108 Å². The summed E-state index contributed by atoms with van der Waals surface area (Å²) in [5.41, 5.74) is 8.82. The van der Waals surface area contributed by atoms with E-state index in [1.807, 2.05) is 0 Å². The van der Waals surface area contributed by atoms with Crippen LogP contribution in [0.5, 0.6) is 5.75 Å². The van der Waals surface area contributed by atoms with Gasteiger partial charge in [0.2, 0.25) is 0 Å². The normalized spacial score (nSPS) is 28.6. The first-order chi connectivity index (χ1) is 8.77. The van der Waals surface area contributed by atoms with Crippen molar-refractivity contribution in [2.75, 3.05) is 13.2 Å². The zero-order valence-electron chi connectivity index (χ0n) is 10.9. The predicted molar refractivity (Wildman–Crippen MR) is 70.7 cm³/mol. The molecule has 3 unspecified atom stereocenters. The summed E-state index contributed by atoms with van der Waals surface area (Å²) in [5, 5.41) is 0. The minimum atomic E-state index is -0.0736. The van der Waals surface area contributed by atoms with Crippen molar-refractivity contribution >= 4 is 0 Å². The molecule has 1 aromatic rings. The fourth-order valence-electron chi connectivity index (χ4n) is 3.03. The Hall–Kier alpha value is -1.06. The molecule has 3 nitrogen and oxygen atoms in total. The number of para-hydroxylation sites is 1. The molecular formula is C15H21NO2. The minimum absolute atomic E-state index is 0.0736. The molecule has 0 radical (unpaired) electrons. The maximum Gasteiger partial charge on any atom is 0.127 e. The lowest BCUT2D eigenvalue weighted by atomic mass is 9.90. The average Bonchev–Trinajstić information content (AvgIpc) is 2.83. The van der Waals surface area contributed by atoms with Gasteiger partial charge in [0.1, 0.15) is 5.75 Å². The number of fused-ring (bicyclic) bond motifs is 1. The smallest absolute Gasteiger partial charge is 0.127 e. The third kappa shape index (κ3) is 2.02. The second kappa shape index (κ2) is 4.90. The highest BCUT2D eigenvalue weighted by Gasteiger charge is 2.33. The first-order valence-corrected chi connectivity index (χ1v) is 6.89. The van der Waals surface area contributed by atoms with Crippen LogP contribution in [0.3, 0.4) is 0 Å². The molecule has 0 saturated carbocycles. The van der Waals surface area contributed by atoms with Crippen LogP contribution in [0.4, 0.5) is 0 Å². The van der Waals surface area contributed by atoms with Crippen LogP contribution in [0, 0.1) is 5.92 Å². The molecule has 2 heterocycles. The van der Waals surface area contributed by atoms with Crippen LogP contribution in [0.2, 0.25) is 0 Å². The van der Waals surface area contributed by atoms with Crippen LogP contribution >= 0.6 is 0 Å². The number of benzene rings is 1. The fourth-order valence-corrected chi connectivity index (χ4v) is 3.03. The van der Waals surface area contributed by atoms with Crippen molar-refractivity contribution in [2.45, 2.75) is 38.3 Å². The van der Waals surface area contributed by atoms with E-state index >= 15 is 0 Å². The van der Waals surface area contributed by atoms with E-state index in [2.05, 4.69) is 25.1 Å². The summed E-state index contributed by atoms with van der Waals surface area (Å²) in [6, 6.07) is 6.24. The molecule has 3 atom stereocenters. The molecular weight excluding hydrogens is 226 g/mol. The van der Waals surface area contributed by atoms with E-state index in [4.69, 9.17) is 15.2 Å². The van der Waals surface area contributed by atoms with E-state index in [0.717, 1.165) is 43.8 Å². The Morgan fingerprint density at radius 3 is 3.00 bits per heavy atom. The number of ether oxygens (including phenoxy) is 2. The summed E-state index contributed by atoms with van der Waals surface area (Å²) in [6.45, 7) is 3.85. The SMILES string of the molecule is CC1CCOC1C(N)c1cccc2c1OCCC2. The molecule has 0 spiro atoms. The van der Waals surface area contributed by atoms with Gasteiger partial charge in [0.25, 0.3) is 0 Å². The van der Waals surface area contributed by atoms with Gasteiger partial charge in [-0.2, -0.15) is 0 Å². The zero-order valence-corrected chi connectivity index (χ0v) is 10.9. The summed E-state index contributed by atoms with van der Waals surface area (Å²) >= 11 is 0. The number of hydrogen-bond donors (Lipinski definition) is 1. The van der Waals surface area contributed by atoms with Crippen LogP contribution in [-0.2, 0) is 11.2 Å². The third-order valence-corrected chi connectivity index (χ3v) is 4.12. The van der Waals surface area contributed by atoms with Crippen molar-refractivity contribution in [3.63, 3.8) is 0 Å². The maximum atomic E-state index is 6.41. The molecule has 2 N–H and O–H groups in total. The largest absolute Gasteiger partial charge is 0.493 e. The van der Waals surface area contributed by atoms with E-state index in [1.165, 1.54) is 5.56 Å². The number of hydrogen-bond acceptors (Lipinski definition) is 3. The van der Waals surface area contributed by atoms with Crippen molar-refractivity contribution < 1.29 is 9.47 Å². The van der Waals surface area contributed by atoms with E-state index in [9.17, 15) is 0 Å². The first-order valence-electron chi connectivity index (χ1n) is 6.89. The minimum Gasteiger partial charge on any atom is -0.493 e. The lowest BCUT2D eigenvalue weighted by Gasteiger charge is -2.27. The monoisotopic (exact) mass is 247 g/mol. The summed E-state index contributed by atoms with van der Waals surface area (Å²) in [7, 11) is 0. The number of nitrogens with two attached hydrogens (primary N) is 1. The molecule has 2 aliphatic rings. The van der Waals surface area contributed by atoms with Crippen molar-refractivity contribution in [2.24, 2.45) is 11.7 Å². The number of rotatable bonds is 2. The van der Waals surface area contributed by atoms with Crippen molar-refractivity contribution in [3.8, 4) is 5.75 Å². The van der Waals surface area contributed by atoms with Gasteiger partial charge in [0.15, 0.2) is 0 Å². The van der Waals surface area contributed by atoms with Crippen molar-refractivity contribution in [1.29, 1.82) is 0 Å². The molecule has 1 saturated heterocycles. The summed E-state index contributed by atoms with van der Waals surface area (Å²) in [6.07, 6.45) is 3.43. The fraction of sp³-hybridized carbons (Fsp3) is 0.600. The molecule has 18 heavy (non-hydrogen) atoms. The molecule has 0 aromatic heterocycles. The lowest BCUT2D eigenvalue weighted by molar-refractivity contribution is 0.0713. The molecule has 98 valence electrons. The van der Waals surface area contributed by atoms with Crippen LogP contribution in [0.15, 0.2) is 18.2 Å². The van der Waals surface area contributed by atoms with Crippen molar-refractivity contribution in [3.05, 3.63) is 29.3 Å². The van der Waals surface area contributed by atoms with Crippen LogP contribution < -0.4 is 10.5 Å². The third-order valence-electron chi connectivity index (χ3n) is 4.12. The molecule has 0 amide bonds. The molecule has 1 aromatic carbocycles. The van der Waals surface area contributed by atoms with Crippen molar-refractivity contribution in [1.82, 2.24) is 0 Å². The van der Waals surface area contributed by atoms with E-state index in [0.29, 0.717) is 5.92 Å². The molecule has 1 fully saturated rings. The highest BCUT2D eigenvalue weighted by Crippen LogP contribution is 2.37. The second-order valence-electron chi connectivity index (χ2n) is 5.41. The van der Waals surface area contributed by atoms with E-state index in [1.54, 1.807) is 0 Å². The maximum absolute atomic E-state index is 6.41. The molecule has 0 aliphatic carbocycles. The Balaban J connectivity index is 1.91. The average molecular weight is 247 g/mol. The van der Waals surface area contributed by atoms with Gasteiger partial charge in [-0.25, -0.2) is 0 Å². The quantitative estimate of drug-likeness (QED) is 0.873. The van der Waals surface area contributed by atoms with E-state index < -0.39 is 0 Å². The lowest BCUT2D eigenvalue weighted by Crippen LogP contribution is -2.30. The van der Waals surface area contributed by atoms with Gasteiger partial charge in [0.05, 0.1) is 18.8 Å². The van der Waals surface area contributed by atoms with Gasteiger partial charge < -0.3 is 15.2 Å². The summed E-state index contributed by atoms with van der Waals surface area (Å²) < 4.78 is 11.6. The van der Waals surface area contributed by atoms with Gasteiger partial charge in [-0.05, 0) is 30.7 Å². The predicted octanol–water partition coefficient (Wildman–Crippen LogP) is 2.44. The van der Waals surface area contributed by atoms with Crippen LogP contribution in [-0.4, -0.2) is 19.3 Å². The van der Waals surface area contributed by atoms with Gasteiger partial charge in [0, 0.05) is 12.2 Å². The van der Waals surface area contributed by atoms with Crippen LogP contribution in [0.1, 0.15) is 36.9 Å². The van der Waals surface area contributed by atoms with Gasteiger partial charge in [-0.15, -0.1) is 0 Å². The molecule has 3 rings (SSSR count). The van der Waals surface area contributed by atoms with E-state index in [-0.39, 0.29) is 12.1 Å². The summed E-state index contributed by atoms with van der Waals surface area (Å²) in [4.78, 5) is 0. The van der Waals surface area contributed by atoms with Gasteiger partial charge in [-0.3, -0.25) is 0 Å². The summed E-state index contributed by atoms with van der Waals surface area (Å²) in [5.74, 6) is 1.54. The first kappa shape index (κ1) is 12.0. The molecule has 0 bridgehead atoms. The Kier molecular flexibility index (Phi) is 3.27. The highest BCUT2D eigenvalue weighted by molar-refractivity contribution is 5.44. The standard InChI is InChI=1S/C15H21NO2/c1-10-7-9-18-14(10)13(16)12-6-2-4-11-5-3-8-17-15(11)12/h2,4,6,10,13-14H,3,5,7-9,16H2,1H3. The topological polar surface area (TPSA) is 44.5 Å². The Bertz CT molecular complexity index is 433. The van der Waals surface area contributed by atoms with Gasteiger partial charge >= 0.3 is 0 Å². The zero-order chi connectivity index (χ0) is 12.5. The number of aryl methyl sites for hydroxylation is 1. The molecule has 2 aliphatic heterocycles. The van der Waals surface area contributed by atoms with Gasteiger partial charge in [-0.1, -0.05) is 25.1 Å². The second-order valence-corrected chi connectivity index (χ2v) is 5.41. The highest BCUT2D eigenvalue weighted by atomic mass is 16.5. The Morgan fingerprint density at radius 2 is 2.22 bits per heavy atom. The Morgan fingerprint density at radius 1 is 1.33 bits per heavy atom. The molecule has 3 heteroatoms. The van der Waals surface area contributed by atoms with Crippen LogP contribution in [0.25, 0.3) is 0 Å².